The molecule has 146 valence electrons. The molecule has 1 aromatic carbocycles. The first kappa shape index (κ1) is 17.9. The highest BCUT2D eigenvalue weighted by Gasteiger charge is 2.13. The normalized spacial score (nSPS) is 12.9. The summed E-state index contributed by atoms with van der Waals surface area (Å²) in [5, 5.41) is 4.56. The molecule has 0 aliphatic carbocycles. The number of fused-ring (bicyclic) bond motifs is 2. The van der Waals surface area contributed by atoms with E-state index < -0.39 is 0 Å². The number of thiophene rings is 1. The fourth-order valence-corrected chi connectivity index (χ4v) is 4.25. The molecule has 4 aromatic rings. The third-order valence-electron chi connectivity index (χ3n) is 4.75. The Morgan fingerprint density at radius 1 is 1.07 bits per heavy atom. The number of ether oxygens (including phenoxy) is 2. The molecule has 0 spiro atoms. The maximum Gasteiger partial charge on any atom is 0.164 e. The second-order valence-electron chi connectivity index (χ2n) is 6.87. The summed E-state index contributed by atoms with van der Waals surface area (Å²) < 4.78 is 11.3. The first-order valence-corrected chi connectivity index (χ1v) is 10.4. The van der Waals surface area contributed by atoms with Crippen molar-refractivity contribution < 1.29 is 9.47 Å². The number of nitrogens with one attached hydrogen (secondary N) is 1. The molecular formula is C22H20N4O2S. The maximum absolute atomic E-state index is 5.68. The van der Waals surface area contributed by atoms with Crippen molar-refractivity contribution in [2.45, 2.75) is 13.3 Å². The van der Waals surface area contributed by atoms with E-state index in [0.29, 0.717) is 19.0 Å². The van der Waals surface area contributed by atoms with Crippen molar-refractivity contribution in [1.29, 1.82) is 0 Å². The van der Waals surface area contributed by atoms with E-state index in [1.807, 2.05) is 18.2 Å². The first-order chi connectivity index (χ1) is 14.3. The van der Waals surface area contributed by atoms with Crippen LogP contribution >= 0.6 is 11.3 Å². The minimum Gasteiger partial charge on any atom is -0.486 e. The summed E-state index contributed by atoms with van der Waals surface area (Å²) in [4.78, 5) is 15.9. The van der Waals surface area contributed by atoms with Crippen molar-refractivity contribution in [2.24, 2.45) is 0 Å². The number of hydrogen-bond acceptors (Lipinski definition) is 7. The van der Waals surface area contributed by atoms with Crippen LogP contribution in [0.4, 0.5) is 5.82 Å². The summed E-state index contributed by atoms with van der Waals surface area (Å²) in [6.07, 6.45) is 4.40. The van der Waals surface area contributed by atoms with Gasteiger partial charge in [0.05, 0.1) is 5.39 Å². The van der Waals surface area contributed by atoms with Crippen LogP contribution in [0.1, 0.15) is 10.4 Å². The van der Waals surface area contributed by atoms with E-state index in [2.05, 4.69) is 35.4 Å². The fraction of sp³-hybridized carbons (Fsp3) is 0.227. The Morgan fingerprint density at radius 3 is 2.83 bits per heavy atom. The van der Waals surface area contributed by atoms with Gasteiger partial charge in [0.2, 0.25) is 0 Å². The van der Waals surface area contributed by atoms with Gasteiger partial charge in [-0.2, -0.15) is 0 Å². The minimum atomic E-state index is 0.599. The lowest BCUT2D eigenvalue weighted by atomic mass is 10.1. The first-order valence-electron chi connectivity index (χ1n) is 9.57. The lowest BCUT2D eigenvalue weighted by Gasteiger charge is -2.19. The predicted molar refractivity (Wildman–Crippen MR) is 115 cm³/mol. The molecule has 7 heteroatoms. The van der Waals surface area contributed by atoms with Gasteiger partial charge < -0.3 is 14.8 Å². The van der Waals surface area contributed by atoms with E-state index in [0.717, 1.165) is 46.1 Å². The second kappa shape index (κ2) is 7.67. The van der Waals surface area contributed by atoms with Gasteiger partial charge in [-0.1, -0.05) is 6.07 Å². The molecule has 0 radical (unpaired) electrons. The highest BCUT2D eigenvalue weighted by atomic mass is 32.1. The van der Waals surface area contributed by atoms with Gasteiger partial charge in [0.25, 0.3) is 0 Å². The zero-order chi connectivity index (χ0) is 19.6. The number of benzene rings is 1. The topological polar surface area (TPSA) is 69.2 Å². The van der Waals surface area contributed by atoms with Crippen LogP contribution in [-0.4, -0.2) is 34.7 Å². The average Bonchev–Trinajstić information content (AvgIpc) is 3.14. The molecule has 0 bridgehead atoms. The van der Waals surface area contributed by atoms with E-state index in [4.69, 9.17) is 19.4 Å². The largest absolute Gasteiger partial charge is 0.486 e. The van der Waals surface area contributed by atoms with Crippen molar-refractivity contribution >= 4 is 27.4 Å². The summed E-state index contributed by atoms with van der Waals surface area (Å²) >= 11 is 1.68. The van der Waals surface area contributed by atoms with Gasteiger partial charge in [-0.05, 0) is 49.2 Å². The number of hydrogen-bond donors (Lipinski definition) is 1. The number of aryl methyl sites for hydroxylation is 1. The summed E-state index contributed by atoms with van der Waals surface area (Å²) in [5.74, 6) is 3.19. The Bertz CT molecular complexity index is 1160. The van der Waals surface area contributed by atoms with E-state index in [-0.39, 0.29) is 0 Å². The molecule has 1 aliphatic rings. The Morgan fingerprint density at radius 2 is 1.97 bits per heavy atom. The Labute approximate surface area is 172 Å². The predicted octanol–water partition coefficient (Wildman–Crippen LogP) is 4.49. The Balaban J connectivity index is 1.38. The standard InChI is InChI=1S/C22H20N4O2S/c1-14-11-17-21(25-20(26-22(17)29-14)16-3-2-7-23-13-16)24-8-6-15-4-5-18-19(12-15)28-10-9-27-18/h2-5,7,11-13H,6,8-10H2,1H3,(H,24,25,26). The molecule has 1 aliphatic heterocycles. The lowest BCUT2D eigenvalue weighted by molar-refractivity contribution is 0.171. The van der Waals surface area contributed by atoms with Crippen molar-refractivity contribution in [3.63, 3.8) is 0 Å². The molecule has 29 heavy (non-hydrogen) atoms. The number of rotatable bonds is 5. The van der Waals surface area contributed by atoms with E-state index in [1.165, 1.54) is 10.4 Å². The quantitative estimate of drug-likeness (QED) is 0.529. The molecule has 6 nitrogen and oxygen atoms in total. The van der Waals surface area contributed by atoms with E-state index in [9.17, 15) is 0 Å². The van der Waals surface area contributed by atoms with E-state index in [1.54, 1.807) is 23.7 Å². The second-order valence-corrected chi connectivity index (χ2v) is 8.10. The minimum absolute atomic E-state index is 0.599. The number of anilines is 1. The number of nitrogens with zero attached hydrogens (tertiary/aromatic N) is 3. The molecule has 0 atom stereocenters. The highest BCUT2D eigenvalue weighted by Crippen LogP contribution is 2.32. The third kappa shape index (κ3) is 3.73. The molecular weight excluding hydrogens is 384 g/mol. The van der Waals surface area contributed by atoms with Crippen LogP contribution in [-0.2, 0) is 6.42 Å². The SMILES string of the molecule is Cc1cc2c(NCCc3ccc4c(c3)OCCO4)nc(-c3cccnc3)nc2s1. The molecule has 0 amide bonds. The van der Waals surface area contributed by atoms with Gasteiger partial charge in [-0.3, -0.25) is 4.98 Å². The fourth-order valence-electron chi connectivity index (χ4n) is 3.37. The van der Waals surface area contributed by atoms with Gasteiger partial charge in [0, 0.05) is 29.4 Å². The summed E-state index contributed by atoms with van der Waals surface area (Å²) in [7, 11) is 0. The van der Waals surface area contributed by atoms with Gasteiger partial charge in [0.15, 0.2) is 17.3 Å². The monoisotopic (exact) mass is 404 g/mol. The molecule has 4 heterocycles. The Kier molecular flexibility index (Phi) is 4.73. The number of pyridine rings is 1. The molecule has 0 unspecified atom stereocenters. The zero-order valence-electron chi connectivity index (χ0n) is 16.0. The lowest BCUT2D eigenvalue weighted by Crippen LogP contribution is -2.15. The number of aromatic nitrogens is 3. The summed E-state index contributed by atoms with van der Waals surface area (Å²) in [5.41, 5.74) is 2.11. The summed E-state index contributed by atoms with van der Waals surface area (Å²) in [6, 6.07) is 12.1. The van der Waals surface area contributed by atoms with Crippen molar-refractivity contribution in [3.05, 3.63) is 59.2 Å². The van der Waals surface area contributed by atoms with Crippen LogP contribution in [0.25, 0.3) is 21.6 Å². The smallest absolute Gasteiger partial charge is 0.164 e. The van der Waals surface area contributed by atoms with Gasteiger partial charge in [-0.25, -0.2) is 9.97 Å². The van der Waals surface area contributed by atoms with Crippen LogP contribution in [0.2, 0.25) is 0 Å². The van der Waals surface area contributed by atoms with Crippen LogP contribution < -0.4 is 14.8 Å². The van der Waals surface area contributed by atoms with Gasteiger partial charge in [-0.15, -0.1) is 11.3 Å². The van der Waals surface area contributed by atoms with E-state index >= 15 is 0 Å². The van der Waals surface area contributed by atoms with Crippen LogP contribution in [0.5, 0.6) is 11.5 Å². The molecule has 0 saturated heterocycles. The average molecular weight is 404 g/mol. The molecule has 5 rings (SSSR count). The van der Waals surface area contributed by atoms with Crippen LogP contribution in [0.15, 0.2) is 48.8 Å². The van der Waals surface area contributed by atoms with Crippen molar-refractivity contribution in [2.75, 3.05) is 25.1 Å². The molecule has 1 N–H and O–H groups in total. The zero-order valence-corrected chi connectivity index (χ0v) is 16.8. The third-order valence-corrected chi connectivity index (χ3v) is 5.69. The van der Waals surface area contributed by atoms with Crippen molar-refractivity contribution in [1.82, 2.24) is 15.0 Å². The molecule has 0 saturated carbocycles. The summed E-state index contributed by atoms with van der Waals surface area (Å²) in [6.45, 7) is 4.06. The van der Waals surface area contributed by atoms with Crippen molar-refractivity contribution in [3.8, 4) is 22.9 Å². The highest BCUT2D eigenvalue weighted by molar-refractivity contribution is 7.18. The Hall–Kier alpha value is -3.19. The maximum atomic E-state index is 5.68. The molecule has 0 fully saturated rings. The van der Waals surface area contributed by atoms with Crippen LogP contribution in [0.3, 0.4) is 0 Å². The molecule has 3 aromatic heterocycles. The van der Waals surface area contributed by atoms with Crippen LogP contribution in [0, 0.1) is 6.92 Å². The van der Waals surface area contributed by atoms with Gasteiger partial charge >= 0.3 is 0 Å². The van der Waals surface area contributed by atoms with Gasteiger partial charge in [0.1, 0.15) is 23.9 Å².